The van der Waals surface area contributed by atoms with Crippen molar-refractivity contribution in [3.8, 4) is 0 Å². The maximum Gasteiger partial charge on any atom is 0.360 e. The second-order valence-electron chi connectivity index (χ2n) is 1.98. The van der Waals surface area contributed by atoms with Crippen LogP contribution in [0.4, 0.5) is 4.79 Å². The van der Waals surface area contributed by atoms with Gasteiger partial charge in [0.1, 0.15) is 0 Å². The predicted octanol–water partition coefficient (Wildman–Crippen LogP) is -0.0307. The molecule has 13 heavy (non-hydrogen) atoms. The van der Waals surface area contributed by atoms with Crippen molar-refractivity contribution in [2.75, 3.05) is 12.4 Å². The molecule has 0 unspecified atom stereocenters. The van der Waals surface area contributed by atoms with Gasteiger partial charge in [-0.05, 0) is 0 Å². The molecule has 0 saturated heterocycles. The Balaban J connectivity index is 3.99. The van der Waals surface area contributed by atoms with Gasteiger partial charge in [-0.15, -0.1) is 16.5 Å². The van der Waals surface area contributed by atoms with Crippen LogP contribution in [0.1, 0.15) is 6.92 Å². The summed E-state index contributed by atoms with van der Waals surface area (Å²) >= 11 is 5.27. The quantitative estimate of drug-likeness (QED) is 0.388. The molecule has 0 aromatic rings. The van der Waals surface area contributed by atoms with Gasteiger partial charge < -0.3 is 5.32 Å². The zero-order valence-corrected chi connectivity index (χ0v) is 7.67. The summed E-state index contributed by atoms with van der Waals surface area (Å²) in [6.45, 7) is 1.33. The van der Waals surface area contributed by atoms with E-state index in [9.17, 15) is 14.5 Å². The van der Waals surface area contributed by atoms with E-state index in [0.29, 0.717) is 0 Å². The second kappa shape index (κ2) is 6.18. The number of hydrogen-bond acceptors (Lipinski definition) is 4. The van der Waals surface area contributed by atoms with Gasteiger partial charge >= 0.3 is 6.03 Å². The number of carbonyl (C=O) groups excluding carboxylic acids is 2. The van der Waals surface area contributed by atoms with Crippen molar-refractivity contribution in [1.82, 2.24) is 15.9 Å². The lowest BCUT2D eigenvalue weighted by Gasteiger charge is -2.12. The van der Waals surface area contributed by atoms with E-state index in [1.807, 2.05) is 5.43 Å². The van der Waals surface area contributed by atoms with Crippen LogP contribution < -0.4 is 10.7 Å². The molecule has 3 amide bonds. The van der Waals surface area contributed by atoms with Crippen LogP contribution in [0.25, 0.3) is 0 Å². The first-order valence-electron chi connectivity index (χ1n) is 3.36. The van der Waals surface area contributed by atoms with Crippen LogP contribution in [0, 0.1) is 4.91 Å². The second-order valence-corrected chi connectivity index (χ2v) is 2.36. The molecule has 0 aromatic heterocycles. The van der Waals surface area contributed by atoms with Crippen LogP contribution in [-0.4, -0.2) is 29.5 Å². The number of nitrogens with zero attached hydrogens (tertiary/aromatic N) is 2. The van der Waals surface area contributed by atoms with Crippen molar-refractivity contribution in [3.05, 3.63) is 4.91 Å². The molecule has 7 nitrogen and oxygen atoms in total. The van der Waals surface area contributed by atoms with Crippen LogP contribution in [0.5, 0.6) is 0 Å². The fraction of sp³-hybridized carbons (Fsp3) is 0.600. The minimum atomic E-state index is -0.828. The highest BCUT2D eigenvalue weighted by molar-refractivity contribution is 6.18. The lowest BCUT2D eigenvalue weighted by Crippen LogP contribution is -2.46. The van der Waals surface area contributed by atoms with Crippen molar-refractivity contribution in [3.63, 3.8) is 0 Å². The number of halogens is 1. The highest BCUT2D eigenvalue weighted by atomic mass is 35.5. The third kappa shape index (κ3) is 4.96. The van der Waals surface area contributed by atoms with Gasteiger partial charge in [0.25, 0.3) is 0 Å². The highest BCUT2D eigenvalue weighted by Gasteiger charge is 2.13. The summed E-state index contributed by atoms with van der Waals surface area (Å²) in [4.78, 5) is 31.4. The molecule has 0 aromatic carbocycles. The van der Waals surface area contributed by atoms with E-state index < -0.39 is 11.9 Å². The van der Waals surface area contributed by atoms with Gasteiger partial charge in [0.05, 0.1) is 5.29 Å². The van der Waals surface area contributed by atoms with Gasteiger partial charge in [-0.25, -0.2) is 10.2 Å². The average molecular weight is 209 g/mol. The number of hydrazine groups is 1. The zero-order chi connectivity index (χ0) is 10.3. The van der Waals surface area contributed by atoms with Gasteiger partial charge in [0.15, 0.2) is 0 Å². The molecule has 0 radical (unpaired) electrons. The maximum atomic E-state index is 10.9. The Kier molecular flexibility index (Phi) is 5.53. The Morgan fingerprint density at radius 1 is 1.54 bits per heavy atom. The Bertz CT molecular complexity index is 210. The minimum absolute atomic E-state index is 0.187. The van der Waals surface area contributed by atoms with Crippen molar-refractivity contribution >= 4 is 23.5 Å². The third-order valence-corrected chi connectivity index (χ3v) is 1.10. The van der Waals surface area contributed by atoms with Gasteiger partial charge in [-0.2, -0.15) is 0 Å². The van der Waals surface area contributed by atoms with E-state index in [-0.39, 0.29) is 17.5 Å². The summed E-state index contributed by atoms with van der Waals surface area (Å²) in [7, 11) is 0. The first-order chi connectivity index (χ1) is 6.11. The average Bonchev–Trinajstić information content (AvgIpc) is 2.09. The van der Waals surface area contributed by atoms with E-state index in [0.717, 1.165) is 6.92 Å². The summed E-state index contributed by atoms with van der Waals surface area (Å²) < 4.78 is 0. The standard InChI is InChI=1S/C5H9ClN4O3/c1-4(11)8-10(9-13)5(12)7-3-2-6/h2-3H2,1H3,(H,7,12)(H,8,11). The van der Waals surface area contributed by atoms with Crippen LogP contribution in [0.3, 0.4) is 0 Å². The highest BCUT2D eigenvalue weighted by Crippen LogP contribution is 1.84. The minimum Gasteiger partial charge on any atom is -0.334 e. The number of carbonyl (C=O) groups is 2. The maximum absolute atomic E-state index is 10.9. The number of alkyl halides is 1. The number of amides is 3. The molecule has 2 N–H and O–H groups in total. The van der Waals surface area contributed by atoms with Gasteiger partial charge in [-0.3, -0.25) is 4.79 Å². The van der Waals surface area contributed by atoms with Gasteiger partial charge in [0, 0.05) is 19.3 Å². The van der Waals surface area contributed by atoms with E-state index in [1.54, 1.807) is 0 Å². The summed E-state index contributed by atoms with van der Waals surface area (Å²) in [5.74, 6) is -0.362. The monoisotopic (exact) mass is 208 g/mol. The van der Waals surface area contributed by atoms with E-state index in [4.69, 9.17) is 11.6 Å². The number of nitrogens with one attached hydrogen (secondary N) is 2. The number of nitroso groups, excluding NO2 is 1. The third-order valence-electron chi connectivity index (χ3n) is 0.908. The molecule has 0 saturated carbocycles. The summed E-state index contributed by atoms with van der Waals surface area (Å²) in [6.07, 6.45) is 0. The molecular weight excluding hydrogens is 200 g/mol. The smallest absolute Gasteiger partial charge is 0.334 e. The molecule has 0 spiro atoms. The van der Waals surface area contributed by atoms with Crippen LogP contribution in [0.2, 0.25) is 0 Å². The van der Waals surface area contributed by atoms with Crippen molar-refractivity contribution in [2.24, 2.45) is 5.29 Å². The molecule has 0 aliphatic rings. The van der Waals surface area contributed by atoms with Crippen molar-refractivity contribution in [1.29, 1.82) is 0 Å². The molecule has 8 heteroatoms. The van der Waals surface area contributed by atoms with Gasteiger partial charge in [-0.1, -0.05) is 5.12 Å². The molecule has 0 rings (SSSR count). The fourth-order valence-corrected chi connectivity index (χ4v) is 0.581. The number of hydrogen-bond donors (Lipinski definition) is 2. The normalized spacial score (nSPS) is 8.77. The Morgan fingerprint density at radius 3 is 2.54 bits per heavy atom. The first kappa shape index (κ1) is 11.6. The Hall–Kier alpha value is -1.37. The molecule has 0 bridgehead atoms. The van der Waals surface area contributed by atoms with E-state index >= 15 is 0 Å². The Labute approximate surface area is 79.3 Å². The first-order valence-corrected chi connectivity index (χ1v) is 3.89. The van der Waals surface area contributed by atoms with E-state index in [1.165, 1.54) is 0 Å². The molecule has 0 heterocycles. The van der Waals surface area contributed by atoms with Crippen molar-refractivity contribution in [2.45, 2.75) is 6.92 Å². The van der Waals surface area contributed by atoms with Gasteiger partial charge in [0.2, 0.25) is 5.91 Å². The molecule has 74 valence electrons. The number of rotatable bonds is 3. The lowest BCUT2D eigenvalue weighted by atomic mass is 10.7. The largest absolute Gasteiger partial charge is 0.360 e. The lowest BCUT2D eigenvalue weighted by molar-refractivity contribution is -0.122. The zero-order valence-electron chi connectivity index (χ0n) is 6.91. The fourth-order valence-electron chi connectivity index (χ4n) is 0.486. The molecular formula is C5H9ClN4O3. The van der Waals surface area contributed by atoms with E-state index in [2.05, 4.69) is 10.6 Å². The topological polar surface area (TPSA) is 90.9 Å². The van der Waals surface area contributed by atoms with Crippen LogP contribution in [0.15, 0.2) is 5.29 Å². The molecule has 0 atom stereocenters. The molecule has 0 aliphatic heterocycles. The number of urea groups is 1. The summed E-state index contributed by atoms with van der Waals surface area (Å²) in [5.41, 5.74) is 1.90. The van der Waals surface area contributed by atoms with Crippen molar-refractivity contribution < 1.29 is 9.59 Å². The Morgan fingerprint density at radius 2 is 2.15 bits per heavy atom. The van der Waals surface area contributed by atoms with Crippen LogP contribution >= 0.6 is 11.6 Å². The molecule has 0 aliphatic carbocycles. The summed E-state index contributed by atoms with van der Waals surface area (Å²) in [5, 5.41) is 4.77. The van der Waals surface area contributed by atoms with Crippen LogP contribution in [-0.2, 0) is 4.79 Å². The summed E-state index contributed by atoms with van der Waals surface area (Å²) in [6, 6.07) is -0.828. The SMILES string of the molecule is CC(=O)NN(N=O)C(=O)NCCCl. The predicted molar refractivity (Wildman–Crippen MR) is 45.6 cm³/mol. The molecule has 0 fully saturated rings.